The first-order chi connectivity index (χ1) is 10.2. The summed E-state index contributed by atoms with van der Waals surface area (Å²) in [5, 5.41) is 2.13. The molecule has 21 heavy (non-hydrogen) atoms. The van der Waals surface area contributed by atoms with Crippen LogP contribution in [0.25, 0.3) is 10.8 Å². The number of aromatic nitrogens is 1. The van der Waals surface area contributed by atoms with Crippen LogP contribution in [-0.2, 0) is 6.54 Å². The Labute approximate surface area is 121 Å². The molecule has 4 nitrogen and oxygen atoms in total. The molecule has 0 fully saturated rings. The molecule has 4 rings (SSSR count). The zero-order valence-corrected chi connectivity index (χ0v) is 11.3. The third-order valence-corrected chi connectivity index (χ3v) is 3.84. The molecule has 1 aliphatic heterocycles. The number of amides is 1. The Bertz CT molecular complexity index is 850. The largest absolute Gasteiger partial charge is 0.384 e. The maximum absolute atomic E-state index is 12.6. The molecule has 2 aromatic carbocycles. The molecule has 102 valence electrons. The highest BCUT2D eigenvalue weighted by Gasteiger charge is 2.29. The molecule has 0 bridgehead atoms. The van der Waals surface area contributed by atoms with Crippen molar-refractivity contribution < 1.29 is 4.79 Å². The smallest absolute Gasteiger partial charge is 0.259 e. The molecule has 1 aromatic heterocycles. The summed E-state index contributed by atoms with van der Waals surface area (Å²) < 4.78 is 0. The SMILES string of the molecule is Nc1ccc(CN2C(=O)c3cccc4cccc2c34)cn1. The molecule has 0 saturated heterocycles. The molecule has 0 radical (unpaired) electrons. The third kappa shape index (κ3) is 1.76. The fourth-order valence-electron chi connectivity index (χ4n) is 2.85. The number of nitrogens with two attached hydrogens (primary N) is 1. The summed E-state index contributed by atoms with van der Waals surface area (Å²) in [6.07, 6.45) is 1.71. The van der Waals surface area contributed by atoms with Crippen LogP contribution in [0.2, 0.25) is 0 Å². The van der Waals surface area contributed by atoms with Gasteiger partial charge in [0.05, 0.1) is 12.2 Å². The molecule has 1 amide bonds. The summed E-state index contributed by atoms with van der Waals surface area (Å²) in [6.45, 7) is 0.500. The Morgan fingerprint density at radius 1 is 1.05 bits per heavy atom. The number of pyridine rings is 1. The van der Waals surface area contributed by atoms with Gasteiger partial charge >= 0.3 is 0 Å². The maximum Gasteiger partial charge on any atom is 0.259 e. The van der Waals surface area contributed by atoms with Gasteiger partial charge in [0.2, 0.25) is 0 Å². The summed E-state index contributed by atoms with van der Waals surface area (Å²) >= 11 is 0. The first-order valence-electron chi connectivity index (χ1n) is 6.78. The van der Waals surface area contributed by atoms with E-state index < -0.39 is 0 Å². The van der Waals surface area contributed by atoms with Crippen molar-refractivity contribution in [3.63, 3.8) is 0 Å². The Balaban J connectivity index is 1.80. The lowest BCUT2D eigenvalue weighted by atomic mass is 10.1. The quantitative estimate of drug-likeness (QED) is 0.782. The molecular formula is C17H13N3O. The van der Waals surface area contributed by atoms with Gasteiger partial charge in [0.15, 0.2) is 0 Å². The van der Waals surface area contributed by atoms with Crippen molar-refractivity contribution >= 4 is 28.2 Å². The first-order valence-corrected chi connectivity index (χ1v) is 6.78. The molecule has 3 aromatic rings. The van der Waals surface area contributed by atoms with E-state index in [-0.39, 0.29) is 5.91 Å². The molecule has 0 unspecified atom stereocenters. The Morgan fingerprint density at radius 3 is 2.62 bits per heavy atom. The van der Waals surface area contributed by atoms with Crippen molar-refractivity contribution in [1.29, 1.82) is 0 Å². The molecule has 4 heteroatoms. The third-order valence-electron chi connectivity index (χ3n) is 3.84. The number of carbonyl (C=O) groups is 1. The first kappa shape index (κ1) is 11.9. The zero-order chi connectivity index (χ0) is 14.4. The minimum absolute atomic E-state index is 0.0404. The molecule has 0 aliphatic carbocycles. The van der Waals surface area contributed by atoms with Crippen LogP contribution in [0.15, 0.2) is 54.7 Å². The van der Waals surface area contributed by atoms with E-state index in [0.717, 1.165) is 27.6 Å². The zero-order valence-electron chi connectivity index (χ0n) is 11.3. The fourth-order valence-corrected chi connectivity index (χ4v) is 2.85. The molecule has 1 aliphatic rings. The second-order valence-corrected chi connectivity index (χ2v) is 5.16. The number of nitrogen functional groups attached to an aromatic ring is 1. The van der Waals surface area contributed by atoms with E-state index in [1.54, 1.807) is 17.2 Å². The van der Waals surface area contributed by atoms with E-state index in [2.05, 4.69) is 4.98 Å². The van der Waals surface area contributed by atoms with E-state index >= 15 is 0 Å². The lowest BCUT2D eigenvalue weighted by Crippen LogP contribution is -2.26. The predicted octanol–water partition coefficient (Wildman–Crippen LogP) is 2.98. The van der Waals surface area contributed by atoms with Gasteiger partial charge in [-0.05, 0) is 29.1 Å². The summed E-state index contributed by atoms with van der Waals surface area (Å²) in [6, 6.07) is 15.5. The summed E-state index contributed by atoms with van der Waals surface area (Å²) in [7, 11) is 0. The number of benzene rings is 2. The predicted molar refractivity (Wildman–Crippen MR) is 83.1 cm³/mol. The van der Waals surface area contributed by atoms with Gasteiger partial charge in [-0.3, -0.25) is 4.79 Å². The molecule has 0 atom stereocenters. The van der Waals surface area contributed by atoms with Gasteiger partial charge in [-0.15, -0.1) is 0 Å². The number of hydrogen-bond donors (Lipinski definition) is 1. The molecular weight excluding hydrogens is 262 g/mol. The molecule has 0 saturated carbocycles. The van der Waals surface area contributed by atoms with Crippen molar-refractivity contribution in [2.45, 2.75) is 6.54 Å². The summed E-state index contributed by atoms with van der Waals surface area (Å²) in [5.41, 5.74) is 8.29. The van der Waals surface area contributed by atoms with Crippen LogP contribution in [0.1, 0.15) is 15.9 Å². The maximum atomic E-state index is 12.6. The van der Waals surface area contributed by atoms with E-state index in [0.29, 0.717) is 12.4 Å². The lowest BCUT2D eigenvalue weighted by molar-refractivity contribution is 0.0991. The number of nitrogens with zero attached hydrogens (tertiary/aromatic N) is 2. The van der Waals surface area contributed by atoms with Gasteiger partial charge in [-0.2, -0.15) is 0 Å². The van der Waals surface area contributed by atoms with Gasteiger partial charge in [-0.25, -0.2) is 4.98 Å². The Hall–Kier alpha value is -2.88. The average Bonchev–Trinajstić information content (AvgIpc) is 2.78. The summed E-state index contributed by atoms with van der Waals surface area (Å²) in [5.74, 6) is 0.524. The van der Waals surface area contributed by atoms with E-state index in [4.69, 9.17) is 5.73 Å². The number of rotatable bonds is 2. The van der Waals surface area contributed by atoms with Gasteiger partial charge in [0.25, 0.3) is 5.91 Å². The fraction of sp³-hybridized carbons (Fsp3) is 0.0588. The lowest BCUT2D eigenvalue weighted by Gasteiger charge is -2.17. The standard InChI is InChI=1S/C17H13N3O/c18-15-8-7-11(9-19-15)10-20-14-6-2-4-12-3-1-5-13(16(12)14)17(20)21/h1-9H,10H2,(H2,18,19). The van der Waals surface area contributed by atoms with Gasteiger partial charge in [0, 0.05) is 17.1 Å². The van der Waals surface area contributed by atoms with Gasteiger partial charge < -0.3 is 10.6 Å². The molecule has 2 heterocycles. The van der Waals surface area contributed by atoms with Crippen LogP contribution >= 0.6 is 0 Å². The van der Waals surface area contributed by atoms with Crippen molar-refractivity contribution in [2.75, 3.05) is 10.6 Å². The highest BCUT2D eigenvalue weighted by atomic mass is 16.2. The van der Waals surface area contributed by atoms with Crippen LogP contribution in [0.3, 0.4) is 0 Å². The second-order valence-electron chi connectivity index (χ2n) is 5.16. The summed E-state index contributed by atoms with van der Waals surface area (Å²) in [4.78, 5) is 18.5. The van der Waals surface area contributed by atoms with Crippen molar-refractivity contribution in [2.24, 2.45) is 0 Å². The van der Waals surface area contributed by atoms with Gasteiger partial charge in [-0.1, -0.05) is 30.3 Å². The second kappa shape index (κ2) is 4.31. The van der Waals surface area contributed by atoms with E-state index in [1.807, 2.05) is 42.5 Å². The highest BCUT2D eigenvalue weighted by molar-refractivity contribution is 6.24. The Kier molecular flexibility index (Phi) is 2.44. The topological polar surface area (TPSA) is 59.2 Å². The van der Waals surface area contributed by atoms with E-state index in [9.17, 15) is 4.79 Å². The van der Waals surface area contributed by atoms with Crippen LogP contribution < -0.4 is 10.6 Å². The van der Waals surface area contributed by atoms with Crippen LogP contribution in [-0.4, -0.2) is 10.9 Å². The monoisotopic (exact) mass is 275 g/mol. The van der Waals surface area contributed by atoms with Crippen molar-refractivity contribution in [1.82, 2.24) is 4.98 Å². The number of carbonyl (C=O) groups excluding carboxylic acids is 1. The number of hydrogen-bond acceptors (Lipinski definition) is 3. The van der Waals surface area contributed by atoms with Crippen molar-refractivity contribution in [3.05, 3.63) is 65.9 Å². The average molecular weight is 275 g/mol. The minimum Gasteiger partial charge on any atom is -0.384 e. The van der Waals surface area contributed by atoms with Crippen LogP contribution in [0, 0.1) is 0 Å². The van der Waals surface area contributed by atoms with E-state index in [1.165, 1.54) is 0 Å². The Morgan fingerprint density at radius 2 is 1.86 bits per heavy atom. The van der Waals surface area contributed by atoms with Crippen LogP contribution in [0.4, 0.5) is 11.5 Å². The molecule has 2 N–H and O–H groups in total. The van der Waals surface area contributed by atoms with Crippen molar-refractivity contribution in [3.8, 4) is 0 Å². The highest BCUT2D eigenvalue weighted by Crippen LogP contribution is 2.37. The molecule has 0 spiro atoms. The van der Waals surface area contributed by atoms with Gasteiger partial charge in [0.1, 0.15) is 5.82 Å². The normalized spacial score (nSPS) is 13.1. The number of anilines is 2. The minimum atomic E-state index is 0.0404. The van der Waals surface area contributed by atoms with Crippen LogP contribution in [0.5, 0.6) is 0 Å².